The molecule has 0 aliphatic heterocycles. The van der Waals surface area contributed by atoms with E-state index in [4.69, 9.17) is 70.3 Å². The number of nitrogens with zero attached hydrogens (tertiary/aromatic N) is 1. The largest absolute Gasteiger partial charge is 0.489 e. The minimum atomic E-state index is -0.805. The number of aromatic nitrogens is 2. The zero-order valence-electron chi connectivity index (χ0n) is 61.5. The molecule has 0 aliphatic rings. The summed E-state index contributed by atoms with van der Waals surface area (Å²) in [7, 11) is 7.25. The first-order valence-electron chi connectivity index (χ1n) is 33.5. The Kier molecular flexibility index (Phi) is 35.4. The molecule has 0 spiro atoms. The number of carbonyl (C=O) groups is 8. The molecule has 1 aromatic heterocycles. The summed E-state index contributed by atoms with van der Waals surface area (Å²) < 4.78 is 26.0. The van der Waals surface area contributed by atoms with E-state index in [1.54, 1.807) is 98.8 Å². The molecule has 0 saturated heterocycles. The summed E-state index contributed by atoms with van der Waals surface area (Å²) in [5.41, 5.74) is 11.4. The molecular weight excluding hydrogens is 1410 g/mol. The monoisotopic (exact) mass is 1500 g/mol. The minimum absolute atomic E-state index is 0.0329. The van der Waals surface area contributed by atoms with E-state index in [2.05, 4.69) is 46.6 Å². The van der Waals surface area contributed by atoms with Crippen molar-refractivity contribution in [1.82, 2.24) is 41.9 Å². The molecule has 3 atom stereocenters. The molecule has 7 aromatic rings. The first kappa shape index (κ1) is 86.8. The van der Waals surface area contributed by atoms with Gasteiger partial charge < -0.3 is 66.3 Å². The highest BCUT2D eigenvalue weighted by molar-refractivity contribution is 6.33. The second kappa shape index (κ2) is 42.8. The van der Waals surface area contributed by atoms with Crippen LogP contribution in [0.4, 0.5) is 0 Å². The first-order chi connectivity index (χ1) is 49.6. The van der Waals surface area contributed by atoms with E-state index in [0.29, 0.717) is 71.7 Å². The third-order valence-electron chi connectivity index (χ3n) is 15.1. The molecular formula is C77H94Cl3N11O14. The number of ketones is 1. The number of nitrogens with one attached hydrogen (secondary N) is 9. The van der Waals surface area contributed by atoms with Gasteiger partial charge in [-0.05, 0) is 131 Å². The van der Waals surface area contributed by atoms with Gasteiger partial charge in [-0.2, -0.15) is 0 Å². The number of halogens is 3. The zero-order chi connectivity index (χ0) is 78.4. The van der Waals surface area contributed by atoms with Gasteiger partial charge in [0.2, 0.25) is 23.6 Å². The number of methoxy groups -OCH3 is 2. The van der Waals surface area contributed by atoms with E-state index >= 15 is 0 Å². The number of nitrogen functional groups attached to an aromatic ring is 1. The Morgan fingerprint density at radius 2 is 0.810 bits per heavy atom. The van der Waals surface area contributed by atoms with Gasteiger partial charge in [-0.3, -0.25) is 54.0 Å². The highest BCUT2D eigenvalue weighted by Gasteiger charge is 2.26. The van der Waals surface area contributed by atoms with E-state index in [1.165, 1.54) is 59.6 Å². The summed E-state index contributed by atoms with van der Waals surface area (Å²) in [5, 5.41) is 32.1. The lowest BCUT2D eigenvalue weighted by Gasteiger charge is -2.18. The van der Waals surface area contributed by atoms with Gasteiger partial charge in [-0.25, -0.2) is 4.98 Å². The molecule has 7 rings (SSSR count). The number of esters is 1. The number of nitrogens with two attached hydrogens (primary N) is 1. The Hall–Kier alpha value is -10.6. The first-order valence-corrected chi connectivity index (χ1v) is 34.6. The van der Waals surface area contributed by atoms with Crippen molar-refractivity contribution in [3.63, 3.8) is 0 Å². The fourth-order valence-electron chi connectivity index (χ4n) is 9.41. The highest BCUT2D eigenvalue weighted by atomic mass is 35.5. The molecule has 28 heteroatoms. The number of ether oxygens (including phenoxy) is 5. The summed E-state index contributed by atoms with van der Waals surface area (Å²) in [5.74, 6) is -0.746. The Balaban J connectivity index is 0.000000314. The SMILES string of the molecule is CNC(=O)[C@H](Cc1ccc(-c2nc(C(C)C)cc(=O)[nH]2)cc1)NC(=O)c1ccc(OC(C)C)c(Cl)c1.CNC(=O)[C@H](Cc1ccc(C(=N)N)cc1)NC(=O)c1ccc(OC(C)C)c(Cl)c1.CNC(=O)[C@H](Cc1ccc(C(=N)OC)cc1)NC(=O)c1ccc(OC(C)C)c(Cl)c1.COC(=O)CC(=O)C(C)C. The Labute approximate surface area is 627 Å². The molecule has 0 saturated carbocycles. The number of H-pyrrole nitrogens is 1. The summed E-state index contributed by atoms with van der Waals surface area (Å²) in [6, 6.07) is 34.7. The molecule has 0 unspecified atom stereocenters. The fourth-order valence-corrected chi connectivity index (χ4v) is 10.1. The summed E-state index contributed by atoms with van der Waals surface area (Å²) in [6.45, 7) is 18.8. The molecule has 562 valence electrons. The molecule has 0 aliphatic carbocycles. The number of amides is 6. The molecule has 0 bridgehead atoms. The van der Waals surface area contributed by atoms with Crippen LogP contribution in [0.2, 0.25) is 15.1 Å². The second-order valence-electron chi connectivity index (χ2n) is 25.1. The van der Waals surface area contributed by atoms with Gasteiger partial charge in [-0.15, -0.1) is 0 Å². The number of rotatable bonds is 28. The van der Waals surface area contributed by atoms with Gasteiger partial charge in [0.25, 0.3) is 23.3 Å². The van der Waals surface area contributed by atoms with Crippen LogP contribution < -0.4 is 57.4 Å². The van der Waals surface area contributed by atoms with Crippen LogP contribution in [0.5, 0.6) is 17.2 Å². The van der Waals surface area contributed by atoms with E-state index in [-0.39, 0.29) is 96.6 Å². The summed E-state index contributed by atoms with van der Waals surface area (Å²) in [6.07, 6.45) is 0.595. The molecule has 6 amide bonds. The molecule has 6 aromatic carbocycles. The minimum Gasteiger partial charge on any atom is -0.489 e. The summed E-state index contributed by atoms with van der Waals surface area (Å²) in [4.78, 5) is 116. The van der Waals surface area contributed by atoms with Crippen molar-refractivity contribution < 1.29 is 62.0 Å². The van der Waals surface area contributed by atoms with Gasteiger partial charge in [0, 0.05) is 85.8 Å². The molecule has 0 radical (unpaired) electrons. The standard InChI is InChI=1S/C27H31ClN4O4.C22H26ClN3O4.C21H25ClN4O3.C7H12O3/c1-15(2)21-14-24(33)32-25(30-21)18-8-6-17(7-9-18)12-22(27(35)29-5)31-26(34)19-10-11-23(20(28)13-19)36-16(3)4;1-13(2)30-19-10-9-16(12-17(19)23)21(27)26-18(22(28)25-3)11-14-5-7-15(8-6-14)20(24)29-4;1-12(2)29-18-9-8-15(11-16(18)22)20(27)26-17(21(28)25-3)10-13-4-6-14(7-5-13)19(23)24;1-5(2)6(8)4-7(9)10-3/h6-11,13-16,22H,12H2,1-5H3,(H,29,35)(H,31,34)(H,30,32,33);5-10,12-13,18,24H,11H2,1-4H3,(H,25,28)(H,26,27);4-9,11-12,17H,10H2,1-3H3,(H3,23,24)(H,25,28)(H,26,27);5H,4H2,1-3H3/t22-;18-;17-;/m000./s1. The number of hydrogen-bond acceptors (Lipinski definition) is 17. The van der Waals surface area contributed by atoms with E-state index < -0.39 is 41.8 Å². The number of amidine groups is 1. The number of hydrogen-bond donors (Lipinski definition) is 10. The predicted molar refractivity (Wildman–Crippen MR) is 407 cm³/mol. The highest BCUT2D eigenvalue weighted by Crippen LogP contribution is 2.30. The van der Waals surface area contributed by atoms with Gasteiger partial charge in [-0.1, -0.05) is 123 Å². The van der Waals surface area contributed by atoms with Crippen molar-refractivity contribution in [3.05, 3.63) is 209 Å². The van der Waals surface area contributed by atoms with Crippen molar-refractivity contribution in [3.8, 4) is 28.6 Å². The van der Waals surface area contributed by atoms with E-state index in [0.717, 1.165) is 22.3 Å². The quantitative estimate of drug-likeness (QED) is 0.00943. The average molecular weight is 1500 g/mol. The smallest absolute Gasteiger partial charge is 0.313 e. The van der Waals surface area contributed by atoms with Crippen LogP contribution in [0.3, 0.4) is 0 Å². The van der Waals surface area contributed by atoms with Crippen molar-refractivity contribution in [2.45, 2.75) is 137 Å². The third-order valence-corrected chi connectivity index (χ3v) is 15.9. The summed E-state index contributed by atoms with van der Waals surface area (Å²) >= 11 is 18.7. The fraction of sp³-hybridized carbons (Fsp3) is 0.351. The van der Waals surface area contributed by atoms with Gasteiger partial charge in [0.15, 0.2) is 0 Å². The predicted octanol–water partition coefficient (Wildman–Crippen LogP) is 10.5. The Bertz CT molecular complexity index is 4210. The zero-order valence-corrected chi connectivity index (χ0v) is 63.8. The van der Waals surface area contributed by atoms with Crippen molar-refractivity contribution in [2.24, 2.45) is 11.7 Å². The lowest BCUT2D eigenvalue weighted by Crippen LogP contribution is -2.47. The number of benzene rings is 6. The lowest BCUT2D eigenvalue weighted by molar-refractivity contribution is -0.144. The van der Waals surface area contributed by atoms with Crippen molar-refractivity contribution >= 4 is 93.7 Å². The van der Waals surface area contributed by atoms with E-state index in [1.807, 2.05) is 79.7 Å². The van der Waals surface area contributed by atoms with Gasteiger partial charge >= 0.3 is 5.97 Å². The maximum absolute atomic E-state index is 12.9. The van der Waals surface area contributed by atoms with Gasteiger partial charge in [0.05, 0.1) is 53.3 Å². The Morgan fingerprint density at radius 3 is 1.10 bits per heavy atom. The van der Waals surface area contributed by atoms with Crippen LogP contribution in [0.1, 0.15) is 146 Å². The second-order valence-corrected chi connectivity index (χ2v) is 26.3. The third kappa shape index (κ3) is 28.9. The maximum atomic E-state index is 12.9. The topological polar surface area (TPSA) is 374 Å². The van der Waals surface area contributed by atoms with Crippen LogP contribution >= 0.6 is 34.8 Å². The molecule has 0 fully saturated rings. The molecule has 105 heavy (non-hydrogen) atoms. The average Bonchev–Trinajstić information content (AvgIpc) is 0.827. The van der Waals surface area contributed by atoms with Crippen molar-refractivity contribution in [1.29, 1.82) is 10.8 Å². The number of aromatic amines is 1. The van der Waals surface area contributed by atoms with Crippen LogP contribution in [0.25, 0.3) is 11.4 Å². The lowest BCUT2D eigenvalue weighted by atomic mass is 10.0. The Morgan fingerprint density at radius 1 is 0.476 bits per heavy atom. The molecule has 1 heterocycles. The van der Waals surface area contributed by atoms with E-state index in [9.17, 15) is 43.2 Å². The van der Waals surface area contributed by atoms with Crippen LogP contribution in [-0.4, -0.2) is 141 Å². The number of likely N-dealkylation sites (N-methyl/N-ethyl adjacent to an activating group) is 3. The number of carbonyl (C=O) groups excluding carboxylic acids is 8. The number of Topliss-reactive ketones (excluding diaryl/α,β-unsaturated/α-hetero) is 1. The maximum Gasteiger partial charge on any atom is 0.313 e. The van der Waals surface area contributed by atoms with Crippen molar-refractivity contribution in [2.75, 3.05) is 35.4 Å². The van der Waals surface area contributed by atoms with Crippen LogP contribution in [0.15, 0.2) is 138 Å². The van der Waals surface area contributed by atoms with Gasteiger partial charge in [0.1, 0.15) is 59.2 Å². The molecule has 11 N–H and O–H groups in total. The van der Waals surface area contributed by atoms with Crippen LogP contribution in [0, 0.1) is 16.7 Å². The van der Waals surface area contributed by atoms with Crippen LogP contribution in [-0.2, 0) is 52.7 Å². The molecule has 25 nitrogen and oxygen atoms in total. The normalized spacial score (nSPS) is 11.5.